The van der Waals surface area contributed by atoms with Crippen LogP contribution in [-0.4, -0.2) is 70.1 Å². The van der Waals surface area contributed by atoms with Crippen molar-refractivity contribution in [3.05, 3.63) is 54.6 Å². The molecule has 3 fully saturated rings. The SMILES string of the molecule is C=CCCOC(=O)[C@@H]1[C@H]2C(=O)N(CCCCCCO)C(C(=O)N(CC=C)c3ccc(Cl)cc3)C23S[C@@H]1CC3C. The van der Waals surface area contributed by atoms with Gasteiger partial charge in [-0.1, -0.05) is 43.5 Å². The molecule has 0 aliphatic carbocycles. The quantitative estimate of drug-likeness (QED) is 0.194. The Kier molecular flexibility index (Phi) is 9.83. The van der Waals surface area contributed by atoms with Gasteiger partial charge in [-0.3, -0.25) is 14.4 Å². The Morgan fingerprint density at radius 2 is 1.92 bits per heavy atom. The second-order valence-electron chi connectivity index (χ2n) is 10.7. The molecule has 1 spiro atoms. The van der Waals surface area contributed by atoms with Crippen molar-refractivity contribution >= 4 is 46.8 Å². The molecule has 3 aliphatic rings. The monoisotopic (exact) mass is 574 g/mol. The highest BCUT2D eigenvalue weighted by atomic mass is 35.5. The van der Waals surface area contributed by atoms with Crippen molar-refractivity contribution in [2.75, 3.05) is 31.2 Å². The van der Waals surface area contributed by atoms with Crippen molar-refractivity contribution in [2.45, 2.75) is 61.5 Å². The first-order valence-electron chi connectivity index (χ1n) is 13.9. The van der Waals surface area contributed by atoms with Gasteiger partial charge in [-0.05, 0) is 55.9 Å². The lowest BCUT2D eigenvalue weighted by Gasteiger charge is -2.40. The molecule has 6 atom stereocenters. The first-order valence-corrected chi connectivity index (χ1v) is 15.1. The molecule has 1 N–H and O–H groups in total. The topological polar surface area (TPSA) is 87.1 Å². The van der Waals surface area contributed by atoms with Crippen molar-refractivity contribution in [1.82, 2.24) is 4.90 Å². The molecule has 4 rings (SSSR count). The summed E-state index contributed by atoms with van der Waals surface area (Å²) in [6, 6.07) is 6.38. The number of carbonyl (C=O) groups excluding carboxylic acids is 3. The van der Waals surface area contributed by atoms with E-state index in [0.29, 0.717) is 30.1 Å². The molecule has 0 saturated carbocycles. The second-order valence-corrected chi connectivity index (χ2v) is 12.7. The Labute approximate surface area is 240 Å². The summed E-state index contributed by atoms with van der Waals surface area (Å²) in [5, 5.41) is 9.67. The maximum Gasteiger partial charge on any atom is 0.310 e. The molecule has 1 aromatic carbocycles. The molecule has 0 radical (unpaired) electrons. The highest BCUT2D eigenvalue weighted by molar-refractivity contribution is 8.02. The van der Waals surface area contributed by atoms with E-state index in [1.807, 2.05) is 0 Å². The summed E-state index contributed by atoms with van der Waals surface area (Å²) >= 11 is 7.77. The Balaban J connectivity index is 1.71. The van der Waals surface area contributed by atoms with Crippen LogP contribution in [0.2, 0.25) is 5.02 Å². The van der Waals surface area contributed by atoms with E-state index in [-0.39, 0.29) is 48.7 Å². The molecule has 3 aliphatic heterocycles. The summed E-state index contributed by atoms with van der Waals surface area (Å²) in [6.07, 6.45) is 7.81. The number of hydrogen-bond donors (Lipinski definition) is 1. The van der Waals surface area contributed by atoms with E-state index < -0.39 is 22.6 Å². The smallest absolute Gasteiger partial charge is 0.310 e. The van der Waals surface area contributed by atoms with Gasteiger partial charge in [0.05, 0.1) is 23.2 Å². The number of rotatable bonds is 14. The fourth-order valence-electron chi connectivity index (χ4n) is 6.61. The molecule has 3 saturated heterocycles. The lowest BCUT2D eigenvalue weighted by Crippen LogP contribution is -2.57. The zero-order chi connectivity index (χ0) is 28.2. The molecular formula is C30H39ClN2O5S. The summed E-state index contributed by atoms with van der Waals surface area (Å²) in [5.41, 5.74) is 0.685. The second kappa shape index (κ2) is 12.9. The Hall–Kier alpha value is -2.29. The number of hydrogen-bond acceptors (Lipinski definition) is 6. The van der Waals surface area contributed by atoms with Crippen LogP contribution in [-0.2, 0) is 19.1 Å². The van der Waals surface area contributed by atoms with E-state index in [0.717, 1.165) is 25.7 Å². The molecule has 2 bridgehead atoms. The Morgan fingerprint density at radius 3 is 2.59 bits per heavy atom. The highest BCUT2D eigenvalue weighted by Gasteiger charge is 2.76. The number of aliphatic hydroxyl groups excluding tert-OH is 1. The molecule has 212 valence electrons. The van der Waals surface area contributed by atoms with Crippen molar-refractivity contribution < 1.29 is 24.2 Å². The van der Waals surface area contributed by atoms with Crippen LogP contribution in [0.15, 0.2) is 49.6 Å². The summed E-state index contributed by atoms with van der Waals surface area (Å²) in [6.45, 7) is 10.8. The lowest BCUT2D eigenvalue weighted by atomic mass is 9.66. The molecule has 0 aromatic heterocycles. The normalized spacial score (nSPS) is 28.8. The van der Waals surface area contributed by atoms with E-state index in [1.165, 1.54) is 0 Å². The molecule has 3 heterocycles. The van der Waals surface area contributed by atoms with Gasteiger partial charge in [0.2, 0.25) is 5.91 Å². The predicted octanol–water partition coefficient (Wildman–Crippen LogP) is 4.87. The molecule has 1 aromatic rings. The van der Waals surface area contributed by atoms with Gasteiger partial charge in [0, 0.05) is 35.7 Å². The van der Waals surface area contributed by atoms with Gasteiger partial charge in [0.1, 0.15) is 6.04 Å². The molecular weight excluding hydrogens is 536 g/mol. The number of esters is 1. The van der Waals surface area contributed by atoms with E-state index in [2.05, 4.69) is 20.1 Å². The van der Waals surface area contributed by atoms with Crippen LogP contribution >= 0.6 is 23.4 Å². The summed E-state index contributed by atoms with van der Waals surface area (Å²) in [7, 11) is 0. The Morgan fingerprint density at radius 1 is 1.21 bits per heavy atom. The van der Waals surface area contributed by atoms with Crippen LogP contribution in [0.25, 0.3) is 0 Å². The number of carbonyl (C=O) groups is 3. The van der Waals surface area contributed by atoms with Gasteiger partial charge >= 0.3 is 5.97 Å². The van der Waals surface area contributed by atoms with Crippen LogP contribution in [0.3, 0.4) is 0 Å². The fourth-order valence-corrected chi connectivity index (χ4v) is 9.14. The summed E-state index contributed by atoms with van der Waals surface area (Å²) < 4.78 is 4.88. The zero-order valence-electron chi connectivity index (χ0n) is 22.6. The third-order valence-corrected chi connectivity index (χ3v) is 10.7. The van der Waals surface area contributed by atoms with Gasteiger partial charge in [-0.15, -0.1) is 24.9 Å². The van der Waals surface area contributed by atoms with Crippen molar-refractivity contribution in [3.63, 3.8) is 0 Å². The molecule has 39 heavy (non-hydrogen) atoms. The number of ether oxygens (including phenoxy) is 1. The van der Waals surface area contributed by atoms with Gasteiger partial charge in [-0.2, -0.15) is 0 Å². The number of likely N-dealkylation sites (tertiary alicyclic amines) is 1. The number of thioether (sulfide) groups is 1. The third kappa shape index (κ3) is 5.52. The largest absolute Gasteiger partial charge is 0.465 e. The standard InChI is InChI=1S/C30H39ClN2O5S/c1-4-6-18-38-29(37)24-23-19-20(3)30(39-23)25(24)27(35)33(16-9-7-8-10-17-34)26(30)28(36)32(15-5-2)22-13-11-21(31)12-14-22/h4-5,11-14,20,23-26,34H,1-2,6-10,15-19H2,3H3/t20?,23-,24+,25+,26?,30?/m1/s1. The highest BCUT2D eigenvalue weighted by Crippen LogP contribution is 2.68. The maximum atomic E-state index is 14.5. The minimum atomic E-state index is -0.710. The van der Waals surface area contributed by atoms with Gasteiger partial charge < -0.3 is 19.6 Å². The van der Waals surface area contributed by atoms with E-state index in [1.54, 1.807) is 58.0 Å². The van der Waals surface area contributed by atoms with Crippen LogP contribution < -0.4 is 4.90 Å². The van der Waals surface area contributed by atoms with Crippen molar-refractivity contribution in [2.24, 2.45) is 17.8 Å². The van der Waals surface area contributed by atoms with E-state index in [9.17, 15) is 14.4 Å². The van der Waals surface area contributed by atoms with Gasteiger partial charge in [0.15, 0.2) is 0 Å². The maximum absolute atomic E-state index is 14.5. The number of aliphatic hydroxyl groups is 1. The summed E-state index contributed by atoms with van der Waals surface area (Å²) in [5.74, 6) is -1.74. The minimum absolute atomic E-state index is 0.0597. The average Bonchev–Trinajstić information content (AvgIpc) is 3.51. The number of halogens is 1. The average molecular weight is 575 g/mol. The number of amides is 2. The molecule has 9 heteroatoms. The van der Waals surface area contributed by atoms with Crippen LogP contribution in [0, 0.1) is 17.8 Å². The van der Waals surface area contributed by atoms with E-state index in [4.69, 9.17) is 21.4 Å². The predicted molar refractivity (Wildman–Crippen MR) is 156 cm³/mol. The first kappa shape index (κ1) is 29.7. The van der Waals surface area contributed by atoms with Crippen LogP contribution in [0.1, 0.15) is 45.4 Å². The molecule has 3 unspecified atom stereocenters. The first-order chi connectivity index (χ1) is 18.8. The van der Waals surface area contributed by atoms with Crippen LogP contribution in [0.4, 0.5) is 5.69 Å². The van der Waals surface area contributed by atoms with Gasteiger partial charge in [-0.25, -0.2) is 0 Å². The van der Waals surface area contributed by atoms with Crippen molar-refractivity contribution in [1.29, 1.82) is 0 Å². The summed E-state index contributed by atoms with van der Waals surface area (Å²) in [4.78, 5) is 45.5. The number of fused-ring (bicyclic) bond motifs is 1. The van der Waals surface area contributed by atoms with E-state index >= 15 is 0 Å². The third-order valence-electron chi connectivity index (χ3n) is 8.34. The number of unbranched alkanes of at least 4 members (excludes halogenated alkanes) is 3. The molecule has 7 nitrogen and oxygen atoms in total. The lowest BCUT2D eigenvalue weighted by molar-refractivity contribution is -0.154. The number of benzene rings is 1. The van der Waals surface area contributed by atoms with Crippen LogP contribution in [0.5, 0.6) is 0 Å². The minimum Gasteiger partial charge on any atom is -0.465 e. The fraction of sp³-hybridized carbons (Fsp3) is 0.567. The number of anilines is 1. The Bertz CT molecular complexity index is 1080. The zero-order valence-corrected chi connectivity index (χ0v) is 24.2. The number of nitrogens with zero attached hydrogens (tertiary/aromatic N) is 2. The molecule has 2 amide bonds. The van der Waals surface area contributed by atoms with Crippen molar-refractivity contribution in [3.8, 4) is 0 Å². The van der Waals surface area contributed by atoms with Gasteiger partial charge in [0.25, 0.3) is 5.91 Å².